The molecule has 0 aliphatic heterocycles. The lowest BCUT2D eigenvalue weighted by Crippen LogP contribution is -2.32. The van der Waals surface area contributed by atoms with Crippen LogP contribution >= 0.6 is 24.4 Å². The number of benzene rings is 1. The number of hydrogen-bond acceptors (Lipinski definition) is 5. The first-order valence-electron chi connectivity index (χ1n) is 9.06. The lowest BCUT2D eigenvalue weighted by molar-refractivity contribution is 0.505. The van der Waals surface area contributed by atoms with Gasteiger partial charge in [0.25, 0.3) is 0 Å². The van der Waals surface area contributed by atoms with E-state index in [0.717, 1.165) is 22.5 Å². The molecule has 0 bridgehead atoms. The summed E-state index contributed by atoms with van der Waals surface area (Å²) in [6.07, 6.45) is 7.46. The quantitative estimate of drug-likeness (QED) is 0.510. The molecule has 28 heavy (non-hydrogen) atoms. The van der Waals surface area contributed by atoms with Crippen molar-refractivity contribution in [3.8, 4) is 0 Å². The summed E-state index contributed by atoms with van der Waals surface area (Å²) in [6, 6.07) is 13.5. The average molecular weight is 413 g/mol. The van der Waals surface area contributed by atoms with Crippen molar-refractivity contribution in [3.63, 3.8) is 0 Å². The van der Waals surface area contributed by atoms with Crippen LogP contribution in [0.3, 0.4) is 0 Å². The average Bonchev–Trinajstić information content (AvgIpc) is 3.14. The molecule has 1 heterocycles. The van der Waals surface area contributed by atoms with Crippen LogP contribution < -0.4 is 10.9 Å². The highest BCUT2D eigenvalue weighted by molar-refractivity contribution is 7.81. The van der Waals surface area contributed by atoms with E-state index >= 15 is 0 Å². The third-order valence-corrected chi connectivity index (χ3v) is 5.33. The van der Waals surface area contributed by atoms with E-state index in [0.29, 0.717) is 22.7 Å². The zero-order valence-electron chi connectivity index (χ0n) is 16.2. The second-order valence-corrected chi connectivity index (χ2v) is 7.49. The Kier molecular flexibility index (Phi) is 6.49. The van der Waals surface area contributed by atoms with Crippen LogP contribution in [0.15, 0.2) is 70.7 Å². The Morgan fingerprint density at radius 1 is 0.964 bits per heavy atom. The Morgan fingerprint density at radius 2 is 1.57 bits per heavy atom. The zero-order chi connectivity index (χ0) is 20.1. The molecule has 1 aliphatic rings. The number of likely N-dealkylation sites (N-methyl/N-ethyl adjacent to an activating group) is 1. The lowest BCUT2D eigenvalue weighted by atomic mass is 9.98. The molecule has 1 aromatic carbocycles. The molecule has 1 aromatic heterocycles. The normalized spacial score (nSPS) is 15.5. The van der Waals surface area contributed by atoms with Gasteiger partial charge in [0, 0.05) is 37.4 Å². The summed E-state index contributed by atoms with van der Waals surface area (Å²) >= 11 is 11.1. The fourth-order valence-electron chi connectivity index (χ4n) is 2.84. The second-order valence-electron chi connectivity index (χ2n) is 6.72. The first-order valence-corrected chi connectivity index (χ1v) is 9.88. The standard InChI is InChI=1S/C21H24N4OS2/c1-15-8-7-11-17(14-15)21(28)25(3)23-19-13-12-18(26-19)22-24(2)20(27)16-9-5-4-6-10-16/h4-7,9-15,22-23H,8H2,1-3H3. The van der Waals surface area contributed by atoms with E-state index in [4.69, 9.17) is 28.9 Å². The number of hydrogen-bond donors (Lipinski definition) is 2. The zero-order valence-corrected chi connectivity index (χ0v) is 17.8. The van der Waals surface area contributed by atoms with E-state index in [-0.39, 0.29) is 0 Å². The van der Waals surface area contributed by atoms with Crippen LogP contribution in [0.2, 0.25) is 0 Å². The summed E-state index contributed by atoms with van der Waals surface area (Å²) in [5, 5.41) is 3.53. The Labute approximate surface area is 176 Å². The van der Waals surface area contributed by atoms with Crippen molar-refractivity contribution < 1.29 is 4.42 Å². The van der Waals surface area contributed by atoms with Gasteiger partial charge >= 0.3 is 0 Å². The number of hydrazine groups is 2. The van der Waals surface area contributed by atoms with Gasteiger partial charge in [0.2, 0.25) is 11.8 Å². The molecule has 1 aliphatic carbocycles. The fraction of sp³-hybridized carbons (Fsp3) is 0.238. The topological polar surface area (TPSA) is 43.7 Å². The minimum atomic E-state index is 0.495. The van der Waals surface area contributed by atoms with Crippen molar-refractivity contribution in [1.29, 1.82) is 0 Å². The SMILES string of the molecule is CC1C=C(C(=S)N(C)Nc2ccc(NN(C)C(=S)c3ccccc3)o2)C=CC1. The molecule has 0 saturated carbocycles. The summed E-state index contributed by atoms with van der Waals surface area (Å²) in [4.78, 5) is 1.39. The van der Waals surface area contributed by atoms with Crippen LogP contribution in [-0.2, 0) is 0 Å². The highest BCUT2D eigenvalue weighted by atomic mass is 32.1. The predicted octanol–water partition coefficient (Wildman–Crippen LogP) is 5.02. The molecule has 7 heteroatoms. The molecular weight excluding hydrogens is 388 g/mol. The van der Waals surface area contributed by atoms with E-state index in [9.17, 15) is 0 Å². The summed E-state index contributed by atoms with van der Waals surface area (Å²) in [5.41, 5.74) is 8.32. The molecule has 3 rings (SSSR count). The monoisotopic (exact) mass is 412 g/mol. The molecule has 0 fully saturated rings. The predicted molar refractivity (Wildman–Crippen MR) is 123 cm³/mol. The fourth-order valence-corrected chi connectivity index (χ4v) is 3.20. The molecule has 1 atom stereocenters. The maximum atomic E-state index is 5.81. The van der Waals surface area contributed by atoms with Crippen LogP contribution in [0.25, 0.3) is 0 Å². The van der Waals surface area contributed by atoms with Gasteiger partial charge in [0.05, 0.1) is 0 Å². The van der Waals surface area contributed by atoms with Gasteiger partial charge in [-0.2, -0.15) is 0 Å². The second kappa shape index (κ2) is 9.03. The largest absolute Gasteiger partial charge is 0.422 e. The number of furan rings is 1. The van der Waals surface area contributed by atoms with Crippen molar-refractivity contribution >= 4 is 46.2 Å². The van der Waals surface area contributed by atoms with Crippen LogP contribution in [0.5, 0.6) is 0 Å². The van der Waals surface area contributed by atoms with Gasteiger partial charge in [-0.1, -0.05) is 79.9 Å². The molecule has 2 N–H and O–H groups in total. The van der Waals surface area contributed by atoms with Gasteiger partial charge in [-0.05, 0) is 12.3 Å². The van der Waals surface area contributed by atoms with Gasteiger partial charge in [-0.3, -0.25) is 20.9 Å². The number of anilines is 2. The summed E-state index contributed by atoms with van der Waals surface area (Å²) in [5.74, 6) is 1.66. The van der Waals surface area contributed by atoms with Gasteiger partial charge in [-0.15, -0.1) is 0 Å². The molecule has 1 unspecified atom stereocenters. The Hall–Kier alpha value is -2.64. The smallest absolute Gasteiger partial charge is 0.214 e. The van der Waals surface area contributed by atoms with Crippen LogP contribution in [0, 0.1) is 5.92 Å². The van der Waals surface area contributed by atoms with E-state index in [2.05, 4.69) is 36.0 Å². The maximum Gasteiger partial charge on any atom is 0.214 e. The molecular formula is C21H24N4OS2. The summed E-state index contributed by atoms with van der Waals surface area (Å²) < 4.78 is 5.81. The van der Waals surface area contributed by atoms with Crippen LogP contribution in [0.1, 0.15) is 18.9 Å². The highest BCUT2D eigenvalue weighted by Crippen LogP contribution is 2.22. The number of rotatable bonds is 6. The summed E-state index contributed by atoms with van der Waals surface area (Å²) in [6.45, 7) is 2.18. The molecule has 5 nitrogen and oxygen atoms in total. The minimum absolute atomic E-state index is 0.495. The van der Waals surface area contributed by atoms with Crippen molar-refractivity contribution in [2.24, 2.45) is 5.92 Å². The molecule has 2 aromatic rings. The number of allylic oxidation sites excluding steroid dienone is 2. The Morgan fingerprint density at radius 3 is 2.18 bits per heavy atom. The maximum absolute atomic E-state index is 5.81. The van der Waals surface area contributed by atoms with E-state index in [1.807, 2.05) is 56.6 Å². The highest BCUT2D eigenvalue weighted by Gasteiger charge is 2.14. The molecule has 146 valence electrons. The number of thiocarbonyl (C=S) groups is 2. The molecule has 0 radical (unpaired) electrons. The first-order chi connectivity index (χ1) is 13.4. The van der Waals surface area contributed by atoms with Crippen molar-refractivity contribution in [2.45, 2.75) is 13.3 Å². The minimum Gasteiger partial charge on any atom is -0.422 e. The summed E-state index contributed by atoms with van der Waals surface area (Å²) in [7, 11) is 3.73. The van der Waals surface area contributed by atoms with Gasteiger partial charge in [0.1, 0.15) is 9.98 Å². The molecule has 0 spiro atoms. The third-order valence-electron chi connectivity index (χ3n) is 4.31. The van der Waals surface area contributed by atoms with E-state index < -0.39 is 0 Å². The van der Waals surface area contributed by atoms with Crippen molar-refractivity contribution in [1.82, 2.24) is 10.0 Å². The molecule has 0 saturated heterocycles. The number of nitrogens with zero attached hydrogens (tertiary/aromatic N) is 2. The third kappa shape index (κ3) is 4.99. The van der Waals surface area contributed by atoms with Crippen molar-refractivity contribution in [2.75, 3.05) is 24.9 Å². The first kappa shape index (κ1) is 20.1. The van der Waals surface area contributed by atoms with Gasteiger partial charge in [-0.25, -0.2) is 0 Å². The lowest BCUT2D eigenvalue weighted by Gasteiger charge is -2.23. The molecule has 0 amide bonds. The van der Waals surface area contributed by atoms with E-state index in [1.54, 1.807) is 10.0 Å². The Balaban J connectivity index is 1.58. The Bertz CT molecular complexity index is 904. The van der Waals surface area contributed by atoms with Crippen molar-refractivity contribution in [3.05, 3.63) is 71.8 Å². The van der Waals surface area contributed by atoms with Gasteiger partial charge < -0.3 is 4.42 Å². The van der Waals surface area contributed by atoms with Crippen LogP contribution in [-0.4, -0.2) is 34.1 Å². The van der Waals surface area contributed by atoms with Gasteiger partial charge in [0.15, 0.2) is 0 Å². The number of nitrogens with one attached hydrogen (secondary N) is 2. The van der Waals surface area contributed by atoms with Crippen LogP contribution in [0.4, 0.5) is 11.8 Å². The van der Waals surface area contributed by atoms with E-state index in [1.165, 1.54) is 0 Å².